The Morgan fingerprint density at radius 3 is 2.17 bits per heavy atom. The van der Waals surface area contributed by atoms with E-state index in [1.165, 1.54) is 6.07 Å². The second-order valence-electron chi connectivity index (χ2n) is 9.87. The smallest absolute Gasteiger partial charge is 0.321 e. The first kappa shape index (κ1) is 25.2. The third-order valence-corrected chi connectivity index (χ3v) is 8.51. The van der Waals surface area contributed by atoms with Crippen molar-refractivity contribution in [1.82, 2.24) is 14.1 Å². The number of nitrogens with one attached hydrogen (secondary N) is 1. The van der Waals surface area contributed by atoms with Crippen molar-refractivity contribution in [3.8, 4) is 0 Å². The van der Waals surface area contributed by atoms with Crippen LogP contribution < -0.4 is 5.32 Å². The number of benzene rings is 2. The van der Waals surface area contributed by atoms with E-state index in [1.54, 1.807) is 32.3 Å². The number of piperazine rings is 1. The van der Waals surface area contributed by atoms with E-state index in [1.807, 2.05) is 31.2 Å². The number of piperidine rings is 1. The maximum absolute atomic E-state index is 13.3. The predicted octanol–water partition coefficient (Wildman–Crippen LogP) is 3.65. The number of amides is 3. The van der Waals surface area contributed by atoms with Crippen molar-refractivity contribution in [3.63, 3.8) is 0 Å². The second-order valence-corrected chi connectivity index (χ2v) is 11.8. The van der Waals surface area contributed by atoms with Gasteiger partial charge in [0.2, 0.25) is 10.0 Å². The highest BCUT2D eigenvalue weighted by Gasteiger charge is 2.32. The number of hydrogen-bond acceptors (Lipinski definition) is 4. The summed E-state index contributed by atoms with van der Waals surface area (Å²) in [7, 11) is -3.67. The van der Waals surface area contributed by atoms with Crippen LogP contribution in [0.5, 0.6) is 0 Å². The highest BCUT2D eigenvalue weighted by molar-refractivity contribution is 7.89. The van der Waals surface area contributed by atoms with E-state index in [-0.39, 0.29) is 16.8 Å². The standard InChI is InChI=1S/C26H34N4O4S/c1-19-6-4-8-23(15-19)27-26(32)29-12-10-28(11-13-29)25(31)22-7-5-9-24(16-22)35(33,34)30-17-20(2)14-21(3)18-30/h4-9,15-16,20-21H,10-14,17-18H2,1-3H3,(H,27,32). The number of carbonyl (C=O) groups excluding carboxylic acids is 2. The average Bonchev–Trinajstić information content (AvgIpc) is 2.83. The van der Waals surface area contributed by atoms with Crippen molar-refractivity contribution >= 4 is 27.6 Å². The molecule has 3 amide bonds. The highest BCUT2D eigenvalue weighted by Crippen LogP contribution is 2.27. The third kappa shape index (κ3) is 5.85. The number of hydrogen-bond donors (Lipinski definition) is 1. The Balaban J connectivity index is 1.39. The van der Waals surface area contributed by atoms with Gasteiger partial charge < -0.3 is 15.1 Å². The van der Waals surface area contributed by atoms with Crippen LogP contribution in [0.1, 0.15) is 36.2 Å². The molecule has 2 aromatic carbocycles. The number of aryl methyl sites for hydroxylation is 1. The van der Waals surface area contributed by atoms with Gasteiger partial charge in [-0.05, 0) is 61.1 Å². The van der Waals surface area contributed by atoms with E-state index in [2.05, 4.69) is 19.2 Å². The number of sulfonamides is 1. The molecule has 9 heteroatoms. The number of nitrogens with zero attached hydrogens (tertiary/aromatic N) is 3. The molecule has 0 radical (unpaired) electrons. The normalized spacial score (nSPS) is 21.6. The van der Waals surface area contributed by atoms with Crippen LogP contribution in [0.15, 0.2) is 53.4 Å². The molecule has 2 aliphatic rings. The largest absolute Gasteiger partial charge is 0.335 e. The monoisotopic (exact) mass is 498 g/mol. The minimum atomic E-state index is -3.67. The molecule has 1 N–H and O–H groups in total. The van der Waals surface area contributed by atoms with Crippen LogP contribution in [0.4, 0.5) is 10.5 Å². The minimum absolute atomic E-state index is 0.154. The fourth-order valence-corrected chi connectivity index (χ4v) is 6.69. The molecule has 0 bridgehead atoms. The Morgan fingerprint density at radius 2 is 1.51 bits per heavy atom. The van der Waals surface area contributed by atoms with E-state index in [0.717, 1.165) is 17.7 Å². The van der Waals surface area contributed by atoms with Crippen LogP contribution in [-0.2, 0) is 10.0 Å². The number of rotatable bonds is 4. The maximum atomic E-state index is 13.3. The van der Waals surface area contributed by atoms with E-state index < -0.39 is 10.0 Å². The Hall–Kier alpha value is -2.91. The molecule has 2 saturated heterocycles. The molecule has 35 heavy (non-hydrogen) atoms. The van der Waals surface area contributed by atoms with E-state index >= 15 is 0 Å². The van der Waals surface area contributed by atoms with Crippen LogP contribution in [0.3, 0.4) is 0 Å². The van der Waals surface area contributed by atoms with Crippen molar-refractivity contribution in [2.24, 2.45) is 11.8 Å². The Morgan fingerprint density at radius 1 is 0.886 bits per heavy atom. The van der Waals surface area contributed by atoms with E-state index in [4.69, 9.17) is 0 Å². The van der Waals surface area contributed by atoms with Gasteiger partial charge in [0.15, 0.2) is 0 Å². The highest BCUT2D eigenvalue weighted by atomic mass is 32.2. The van der Waals surface area contributed by atoms with Crippen molar-refractivity contribution in [2.75, 3.05) is 44.6 Å². The summed E-state index contributed by atoms with van der Waals surface area (Å²) in [4.78, 5) is 29.3. The average molecular weight is 499 g/mol. The molecular formula is C26H34N4O4S. The van der Waals surface area contributed by atoms with Crippen LogP contribution in [0, 0.1) is 18.8 Å². The quantitative estimate of drug-likeness (QED) is 0.697. The van der Waals surface area contributed by atoms with Crippen molar-refractivity contribution < 1.29 is 18.0 Å². The molecule has 2 atom stereocenters. The molecular weight excluding hydrogens is 464 g/mol. The van der Waals surface area contributed by atoms with Crippen molar-refractivity contribution in [3.05, 3.63) is 59.7 Å². The number of urea groups is 1. The van der Waals surface area contributed by atoms with Gasteiger partial charge in [0.05, 0.1) is 4.90 Å². The zero-order valence-corrected chi connectivity index (χ0v) is 21.4. The Bertz CT molecular complexity index is 1180. The molecule has 8 nitrogen and oxygen atoms in total. The lowest BCUT2D eigenvalue weighted by Crippen LogP contribution is -2.51. The summed E-state index contributed by atoms with van der Waals surface area (Å²) >= 11 is 0. The van der Waals surface area contributed by atoms with Gasteiger partial charge in [-0.15, -0.1) is 0 Å². The molecule has 0 spiro atoms. The zero-order valence-electron chi connectivity index (χ0n) is 20.6. The maximum Gasteiger partial charge on any atom is 0.321 e. The van der Waals surface area contributed by atoms with Crippen LogP contribution in [-0.4, -0.2) is 73.7 Å². The first-order chi connectivity index (χ1) is 16.6. The third-order valence-electron chi connectivity index (χ3n) is 6.68. The lowest BCUT2D eigenvalue weighted by molar-refractivity contribution is 0.0671. The summed E-state index contributed by atoms with van der Waals surface area (Å²) in [5, 5.41) is 2.90. The topological polar surface area (TPSA) is 90.0 Å². The molecule has 2 aliphatic heterocycles. The summed E-state index contributed by atoms with van der Waals surface area (Å²) < 4.78 is 28.1. The van der Waals surface area contributed by atoms with Gasteiger partial charge in [-0.1, -0.05) is 32.0 Å². The van der Waals surface area contributed by atoms with E-state index in [0.29, 0.717) is 56.7 Å². The fraction of sp³-hybridized carbons (Fsp3) is 0.462. The van der Waals surface area contributed by atoms with Crippen LogP contribution in [0.2, 0.25) is 0 Å². The van der Waals surface area contributed by atoms with Gasteiger partial charge >= 0.3 is 6.03 Å². The van der Waals surface area contributed by atoms with Gasteiger partial charge in [-0.3, -0.25) is 4.79 Å². The van der Waals surface area contributed by atoms with Crippen LogP contribution in [0.25, 0.3) is 0 Å². The minimum Gasteiger partial charge on any atom is -0.335 e. The predicted molar refractivity (Wildman–Crippen MR) is 136 cm³/mol. The van der Waals surface area contributed by atoms with Crippen molar-refractivity contribution in [2.45, 2.75) is 32.1 Å². The molecule has 2 aromatic rings. The van der Waals surface area contributed by atoms with Crippen LogP contribution >= 0.6 is 0 Å². The summed E-state index contributed by atoms with van der Waals surface area (Å²) in [6.07, 6.45) is 1.01. The molecule has 2 unspecified atom stereocenters. The Labute approximate surface area is 207 Å². The second kappa shape index (κ2) is 10.4. The van der Waals surface area contributed by atoms with Gasteiger partial charge in [0, 0.05) is 50.5 Å². The number of carbonyl (C=O) groups is 2. The van der Waals surface area contributed by atoms with Crippen molar-refractivity contribution in [1.29, 1.82) is 0 Å². The van der Waals surface area contributed by atoms with Gasteiger partial charge in [0.25, 0.3) is 5.91 Å². The summed E-state index contributed by atoms with van der Waals surface area (Å²) in [5.74, 6) is 0.386. The zero-order chi connectivity index (χ0) is 25.2. The molecule has 2 fully saturated rings. The first-order valence-corrected chi connectivity index (χ1v) is 13.6. The SMILES string of the molecule is Cc1cccc(NC(=O)N2CCN(C(=O)c3cccc(S(=O)(=O)N4CC(C)CC(C)C4)c3)CC2)c1. The summed E-state index contributed by atoms with van der Waals surface area (Å²) in [5.41, 5.74) is 2.15. The Kier molecular flexibility index (Phi) is 7.47. The van der Waals surface area contributed by atoms with Gasteiger partial charge in [-0.2, -0.15) is 4.31 Å². The summed E-state index contributed by atoms with van der Waals surface area (Å²) in [6.45, 7) is 8.69. The lowest BCUT2D eigenvalue weighted by atomic mass is 9.94. The molecule has 2 heterocycles. The fourth-order valence-electron chi connectivity index (χ4n) is 4.96. The number of anilines is 1. The molecule has 0 aromatic heterocycles. The molecule has 0 saturated carbocycles. The lowest BCUT2D eigenvalue weighted by Gasteiger charge is -2.35. The van der Waals surface area contributed by atoms with Gasteiger partial charge in [-0.25, -0.2) is 13.2 Å². The summed E-state index contributed by atoms with van der Waals surface area (Å²) in [6, 6.07) is 13.7. The molecule has 0 aliphatic carbocycles. The first-order valence-electron chi connectivity index (χ1n) is 12.2. The molecule has 188 valence electrons. The van der Waals surface area contributed by atoms with Gasteiger partial charge in [0.1, 0.15) is 0 Å². The molecule has 4 rings (SSSR count). The van der Waals surface area contributed by atoms with E-state index in [9.17, 15) is 18.0 Å².